The Labute approximate surface area is 102 Å². The number of anilines is 1. The van der Waals surface area contributed by atoms with Gasteiger partial charge in [-0.3, -0.25) is 4.79 Å². The summed E-state index contributed by atoms with van der Waals surface area (Å²) < 4.78 is 38.9. The van der Waals surface area contributed by atoms with Crippen LogP contribution in [0.25, 0.3) is 0 Å². The number of carbonyl (C=O) groups is 1. The van der Waals surface area contributed by atoms with E-state index in [2.05, 4.69) is 10.3 Å². The Hall–Kier alpha value is -1.59. The minimum Gasteiger partial charge on any atom is -0.324 e. The van der Waals surface area contributed by atoms with Crippen LogP contribution in [0.1, 0.15) is 25.7 Å². The molecule has 1 aromatic rings. The smallest absolute Gasteiger partial charge is 0.248 e. The second kappa shape index (κ2) is 4.96. The molecule has 0 aliphatic heterocycles. The number of carbonyl (C=O) groups excluding carboxylic acids is 1. The van der Waals surface area contributed by atoms with Crippen molar-refractivity contribution in [3.8, 4) is 0 Å². The minimum absolute atomic E-state index is 0.158. The summed E-state index contributed by atoms with van der Waals surface area (Å²) in [6.07, 6.45) is 1.37. The number of rotatable bonds is 2. The summed E-state index contributed by atoms with van der Waals surface area (Å²) in [5, 5.41) is 2.48. The lowest BCUT2D eigenvalue weighted by atomic mass is 9.86. The third-order valence-corrected chi connectivity index (χ3v) is 3.01. The lowest BCUT2D eigenvalue weighted by Gasteiger charge is -2.27. The van der Waals surface area contributed by atoms with E-state index in [1.165, 1.54) is 6.07 Å². The largest absolute Gasteiger partial charge is 0.324 e. The molecule has 1 aromatic heterocycles. The van der Waals surface area contributed by atoms with Crippen LogP contribution in [-0.2, 0) is 4.79 Å². The second-order valence-corrected chi connectivity index (χ2v) is 4.51. The molecule has 98 valence electrons. The molecule has 1 N–H and O–H groups in total. The standard InChI is InChI=1S/C12H13F3N2O/c13-10-4-3-9(7-16-10)17-11(18)8-2-1-5-12(14,15)6-8/h3-4,7-8H,1-2,5-6H2,(H,17,18). The van der Waals surface area contributed by atoms with Crippen molar-refractivity contribution in [3.05, 3.63) is 24.3 Å². The van der Waals surface area contributed by atoms with Crippen LogP contribution in [0.15, 0.2) is 18.3 Å². The first kappa shape index (κ1) is 12.9. The van der Waals surface area contributed by atoms with Crippen molar-refractivity contribution in [2.75, 3.05) is 5.32 Å². The molecule has 0 aromatic carbocycles. The maximum absolute atomic E-state index is 13.2. The Balaban J connectivity index is 1.97. The van der Waals surface area contributed by atoms with Crippen LogP contribution in [0.5, 0.6) is 0 Å². The number of nitrogens with one attached hydrogen (secondary N) is 1. The van der Waals surface area contributed by atoms with Crippen LogP contribution >= 0.6 is 0 Å². The fraction of sp³-hybridized carbons (Fsp3) is 0.500. The summed E-state index contributed by atoms with van der Waals surface area (Å²) in [6, 6.07) is 2.45. The lowest BCUT2D eigenvalue weighted by molar-refractivity contribution is -0.127. The lowest BCUT2D eigenvalue weighted by Crippen LogP contribution is -2.33. The summed E-state index contributed by atoms with van der Waals surface area (Å²) in [4.78, 5) is 15.2. The van der Waals surface area contributed by atoms with Gasteiger partial charge in [0.25, 0.3) is 0 Å². The molecular weight excluding hydrogens is 245 g/mol. The molecule has 2 rings (SSSR count). The summed E-state index contributed by atoms with van der Waals surface area (Å²) in [5.41, 5.74) is 0.315. The van der Waals surface area contributed by atoms with E-state index in [0.717, 1.165) is 12.3 Å². The maximum Gasteiger partial charge on any atom is 0.248 e. The number of hydrogen-bond donors (Lipinski definition) is 1. The van der Waals surface area contributed by atoms with Crippen molar-refractivity contribution in [3.63, 3.8) is 0 Å². The summed E-state index contributed by atoms with van der Waals surface area (Å²) in [6.45, 7) is 0. The molecule has 18 heavy (non-hydrogen) atoms. The van der Waals surface area contributed by atoms with E-state index in [1.54, 1.807) is 0 Å². The van der Waals surface area contributed by atoms with Crippen LogP contribution in [0, 0.1) is 11.9 Å². The van der Waals surface area contributed by atoms with Crippen molar-refractivity contribution in [2.45, 2.75) is 31.6 Å². The molecule has 0 saturated heterocycles. The Morgan fingerprint density at radius 1 is 1.44 bits per heavy atom. The van der Waals surface area contributed by atoms with E-state index < -0.39 is 30.1 Å². The molecule has 3 nitrogen and oxygen atoms in total. The fourth-order valence-corrected chi connectivity index (χ4v) is 2.09. The zero-order valence-corrected chi connectivity index (χ0v) is 9.63. The number of hydrogen-bond acceptors (Lipinski definition) is 2. The molecule has 1 aliphatic carbocycles. The fourth-order valence-electron chi connectivity index (χ4n) is 2.09. The average molecular weight is 258 g/mol. The number of halogens is 3. The molecule has 0 spiro atoms. The molecule has 1 atom stereocenters. The van der Waals surface area contributed by atoms with E-state index in [4.69, 9.17) is 0 Å². The minimum atomic E-state index is -2.76. The topological polar surface area (TPSA) is 42.0 Å². The first-order valence-electron chi connectivity index (χ1n) is 5.76. The number of alkyl halides is 2. The number of pyridine rings is 1. The molecule has 1 unspecified atom stereocenters. The van der Waals surface area contributed by atoms with Crippen molar-refractivity contribution in [1.82, 2.24) is 4.98 Å². The molecule has 1 heterocycles. The maximum atomic E-state index is 13.2. The van der Waals surface area contributed by atoms with Crippen molar-refractivity contribution >= 4 is 11.6 Å². The highest BCUT2D eigenvalue weighted by Crippen LogP contribution is 2.37. The van der Waals surface area contributed by atoms with Crippen molar-refractivity contribution in [2.24, 2.45) is 5.92 Å². The first-order chi connectivity index (χ1) is 8.46. The molecule has 1 fully saturated rings. The predicted octanol–water partition coefficient (Wildman–Crippen LogP) is 2.98. The van der Waals surface area contributed by atoms with Crippen LogP contribution in [0.3, 0.4) is 0 Å². The van der Waals surface area contributed by atoms with Crippen molar-refractivity contribution < 1.29 is 18.0 Å². The molecule has 1 amide bonds. The van der Waals surface area contributed by atoms with E-state index in [0.29, 0.717) is 18.5 Å². The molecule has 1 saturated carbocycles. The summed E-state index contributed by atoms with van der Waals surface area (Å²) in [5.74, 6) is -4.57. The zero-order valence-electron chi connectivity index (χ0n) is 9.63. The first-order valence-corrected chi connectivity index (χ1v) is 5.76. The van der Waals surface area contributed by atoms with Crippen LogP contribution in [-0.4, -0.2) is 16.8 Å². The van der Waals surface area contributed by atoms with Gasteiger partial charge in [-0.2, -0.15) is 4.39 Å². The number of aromatic nitrogens is 1. The Morgan fingerprint density at radius 3 is 2.83 bits per heavy atom. The van der Waals surface area contributed by atoms with Gasteiger partial charge in [0.1, 0.15) is 0 Å². The van der Waals surface area contributed by atoms with Gasteiger partial charge in [0.2, 0.25) is 17.8 Å². The van der Waals surface area contributed by atoms with Gasteiger partial charge in [-0.05, 0) is 25.0 Å². The Kier molecular flexibility index (Phi) is 3.54. The molecule has 6 heteroatoms. The normalized spacial score (nSPS) is 22.5. The SMILES string of the molecule is O=C(Nc1ccc(F)nc1)C1CCCC(F)(F)C1. The highest BCUT2D eigenvalue weighted by molar-refractivity contribution is 5.92. The second-order valence-electron chi connectivity index (χ2n) is 4.51. The monoisotopic (exact) mass is 258 g/mol. The quantitative estimate of drug-likeness (QED) is 0.828. The van der Waals surface area contributed by atoms with Crippen LogP contribution in [0.4, 0.5) is 18.9 Å². The van der Waals surface area contributed by atoms with Gasteiger partial charge in [0, 0.05) is 18.8 Å². The Morgan fingerprint density at radius 2 is 2.22 bits per heavy atom. The molecule has 0 bridgehead atoms. The van der Waals surface area contributed by atoms with Gasteiger partial charge in [0.15, 0.2) is 0 Å². The van der Waals surface area contributed by atoms with Gasteiger partial charge < -0.3 is 5.32 Å². The molecular formula is C12H13F3N2O. The van der Waals surface area contributed by atoms with Crippen molar-refractivity contribution in [1.29, 1.82) is 0 Å². The van der Waals surface area contributed by atoms with Crippen LogP contribution < -0.4 is 5.32 Å². The summed E-state index contributed by atoms with van der Waals surface area (Å²) in [7, 11) is 0. The molecule has 1 aliphatic rings. The predicted molar refractivity (Wildman–Crippen MR) is 59.7 cm³/mol. The average Bonchev–Trinajstić information content (AvgIpc) is 2.31. The molecule has 0 radical (unpaired) electrons. The third-order valence-electron chi connectivity index (χ3n) is 3.01. The third kappa shape index (κ3) is 3.21. The Bertz CT molecular complexity index is 433. The van der Waals surface area contributed by atoms with Gasteiger partial charge in [-0.1, -0.05) is 0 Å². The van der Waals surface area contributed by atoms with Gasteiger partial charge in [-0.25, -0.2) is 13.8 Å². The van der Waals surface area contributed by atoms with Crippen LogP contribution in [0.2, 0.25) is 0 Å². The van der Waals surface area contributed by atoms with Gasteiger partial charge in [0.05, 0.1) is 11.9 Å². The highest BCUT2D eigenvalue weighted by atomic mass is 19.3. The highest BCUT2D eigenvalue weighted by Gasteiger charge is 2.39. The van der Waals surface area contributed by atoms with Gasteiger partial charge >= 0.3 is 0 Å². The number of nitrogens with zero attached hydrogens (tertiary/aromatic N) is 1. The van der Waals surface area contributed by atoms with E-state index in [1.807, 2.05) is 0 Å². The zero-order chi connectivity index (χ0) is 13.2. The van der Waals surface area contributed by atoms with E-state index in [9.17, 15) is 18.0 Å². The van der Waals surface area contributed by atoms with E-state index in [-0.39, 0.29) is 6.42 Å². The number of amides is 1. The summed E-state index contributed by atoms with van der Waals surface area (Å²) >= 11 is 0. The van der Waals surface area contributed by atoms with Gasteiger partial charge in [-0.15, -0.1) is 0 Å². The van der Waals surface area contributed by atoms with E-state index >= 15 is 0 Å².